The Kier molecular flexibility index (Phi) is 9.09. The molecule has 290 valence electrons. The van der Waals surface area contributed by atoms with Crippen molar-refractivity contribution in [3.63, 3.8) is 0 Å². The summed E-state index contributed by atoms with van der Waals surface area (Å²) in [6.07, 6.45) is -20.6. The summed E-state index contributed by atoms with van der Waals surface area (Å²) in [4.78, 5) is 12.8. The van der Waals surface area contributed by atoms with Gasteiger partial charge in [-0.15, -0.1) is 0 Å². The number of nitrogens with zero attached hydrogens (tertiary/aromatic N) is 5. The van der Waals surface area contributed by atoms with Gasteiger partial charge in [-0.2, -0.15) is 57.9 Å². The molecule has 0 fully saturated rings. The number of halogens is 12. The van der Waals surface area contributed by atoms with E-state index in [0.29, 0.717) is 46.7 Å². The lowest BCUT2D eigenvalue weighted by atomic mass is 9.97. The van der Waals surface area contributed by atoms with Crippen molar-refractivity contribution >= 4 is 21.8 Å². The summed E-state index contributed by atoms with van der Waals surface area (Å²) in [7, 11) is 0. The van der Waals surface area contributed by atoms with E-state index in [4.69, 9.17) is 0 Å². The molecule has 0 N–H and O–H groups in total. The van der Waals surface area contributed by atoms with Gasteiger partial charge in [-0.3, -0.25) is 0 Å². The smallest absolute Gasteiger partial charge is 0.309 e. The molecule has 0 atom stereocenters. The Bertz CT molecular complexity index is 2570. The van der Waals surface area contributed by atoms with Gasteiger partial charge in [-0.25, -0.2) is 15.0 Å². The highest BCUT2D eigenvalue weighted by Crippen LogP contribution is 2.43. The molecule has 7 aromatic rings. The van der Waals surface area contributed by atoms with Crippen LogP contribution in [0.4, 0.5) is 52.7 Å². The largest absolute Gasteiger partial charge is 0.416 e. The molecule has 0 radical (unpaired) electrons. The van der Waals surface area contributed by atoms with Crippen LogP contribution in [0.5, 0.6) is 0 Å². The van der Waals surface area contributed by atoms with Crippen LogP contribution < -0.4 is 0 Å². The number of fused-ring (bicyclic) bond motifs is 3. The first kappa shape index (κ1) is 38.8. The van der Waals surface area contributed by atoms with Crippen LogP contribution in [0, 0.1) is 25.2 Å². The maximum atomic E-state index is 13.8. The Hall–Kier alpha value is -6.44. The molecule has 0 aliphatic carbocycles. The second-order valence-corrected chi connectivity index (χ2v) is 13.0. The van der Waals surface area contributed by atoms with Gasteiger partial charge in [0.15, 0.2) is 5.82 Å². The SMILES string of the molecule is Cc1nc(C)nc(-c2cc(-n3c4cc(-c5cc(C(F)(F)F)cc(C(F)(F)F)c5)ccc4c4ccc(-c5cc(C(F)(F)F)cc(C(F)(F)F)c5)cc43)ccc2C#N)n1. The first-order valence-electron chi connectivity index (χ1n) is 16.4. The van der Waals surface area contributed by atoms with E-state index in [1.54, 1.807) is 13.8 Å². The number of aryl methyl sites for hydroxylation is 2. The van der Waals surface area contributed by atoms with E-state index in [1.807, 2.05) is 6.07 Å². The maximum absolute atomic E-state index is 13.8. The summed E-state index contributed by atoms with van der Waals surface area (Å²) in [5.41, 5.74) is -6.47. The summed E-state index contributed by atoms with van der Waals surface area (Å²) < 4.78 is 168. The molecule has 0 aliphatic heterocycles. The summed E-state index contributed by atoms with van der Waals surface area (Å²) in [6, 6.07) is 16.6. The van der Waals surface area contributed by atoms with Gasteiger partial charge in [0.25, 0.3) is 0 Å². The van der Waals surface area contributed by atoms with Gasteiger partial charge in [0, 0.05) is 22.0 Å². The Morgan fingerprint density at radius 2 is 0.877 bits per heavy atom. The zero-order valence-electron chi connectivity index (χ0n) is 28.9. The molecule has 0 saturated carbocycles. The van der Waals surface area contributed by atoms with E-state index in [2.05, 4.69) is 15.0 Å². The van der Waals surface area contributed by atoms with E-state index >= 15 is 0 Å². The predicted molar refractivity (Wildman–Crippen MR) is 185 cm³/mol. The number of aromatic nitrogens is 4. The van der Waals surface area contributed by atoms with Crippen molar-refractivity contribution in [2.75, 3.05) is 0 Å². The molecule has 2 heterocycles. The van der Waals surface area contributed by atoms with E-state index in [0.717, 1.165) is 0 Å². The van der Waals surface area contributed by atoms with Crippen LogP contribution in [0.2, 0.25) is 0 Å². The molecule has 0 amide bonds. The van der Waals surface area contributed by atoms with Gasteiger partial charge >= 0.3 is 24.7 Å². The van der Waals surface area contributed by atoms with Crippen molar-refractivity contribution in [3.05, 3.63) is 130 Å². The molecule has 0 saturated heterocycles. The lowest BCUT2D eigenvalue weighted by Gasteiger charge is -2.15. The molecule has 5 nitrogen and oxygen atoms in total. The van der Waals surface area contributed by atoms with Gasteiger partial charge in [0.05, 0.1) is 44.9 Å². The lowest BCUT2D eigenvalue weighted by molar-refractivity contribution is -0.144. The highest BCUT2D eigenvalue weighted by Gasteiger charge is 2.38. The van der Waals surface area contributed by atoms with Crippen molar-refractivity contribution in [2.45, 2.75) is 38.6 Å². The second kappa shape index (κ2) is 13.4. The molecular weight excluding hydrogens is 778 g/mol. The minimum absolute atomic E-state index is 0.0125. The number of nitriles is 1. The Morgan fingerprint density at radius 3 is 1.25 bits per heavy atom. The van der Waals surface area contributed by atoms with Crippen LogP contribution in [0.3, 0.4) is 0 Å². The fourth-order valence-electron chi connectivity index (χ4n) is 6.59. The fraction of sp³-hybridized carbons (Fsp3) is 0.150. The number of alkyl halides is 12. The van der Waals surface area contributed by atoms with E-state index in [1.165, 1.54) is 59.2 Å². The van der Waals surface area contributed by atoms with Crippen molar-refractivity contribution < 1.29 is 52.7 Å². The number of hydrogen-bond donors (Lipinski definition) is 0. The number of benzene rings is 5. The monoisotopic (exact) mass is 799 g/mol. The topological polar surface area (TPSA) is 67.4 Å². The number of rotatable bonds is 4. The van der Waals surface area contributed by atoms with Gasteiger partial charge in [-0.1, -0.05) is 24.3 Å². The maximum Gasteiger partial charge on any atom is 0.416 e. The molecule has 0 aliphatic rings. The van der Waals surface area contributed by atoms with Gasteiger partial charge in [0.1, 0.15) is 11.6 Å². The Balaban J connectivity index is 1.56. The van der Waals surface area contributed by atoms with Crippen LogP contribution in [0.25, 0.3) is 61.1 Å². The quantitative estimate of drug-likeness (QED) is 0.166. The molecular formula is C40H21F12N5. The van der Waals surface area contributed by atoms with Gasteiger partial charge < -0.3 is 4.57 Å². The van der Waals surface area contributed by atoms with Gasteiger partial charge in [0.2, 0.25) is 0 Å². The zero-order valence-corrected chi connectivity index (χ0v) is 28.9. The summed E-state index contributed by atoms with van der Waals surface area (Å²) >= 11 is 0. The van der Waals surface area contributed by atoms with Crippen LogP contribution in [-0.2, 0) is 24.7 Å². The molecule has 57 heavy (non-hydrogen) atoms. The van der Waals surface area contributed by atoms with Crippen molar-refractivity contribution in [1.82, 2.24) is 19.5 Å². The third kappa shape index (κ3) is 7.46. The minimum atomic E-state index is -5.15. The Labute approximate surface area is 313 Å². The molecule has 2 aromatic heterocycles. The highest BCUT2D eigenvalue weighted by atomic mass is 19.4. The van der Waals surface area contributed by atoms with Crippen molar-refractivity contribution in [3.8, 4) is 45.4 Å². The third-order valence-electron chi connectivity index (χ3n) is 9.09. The lowest BCUT2D eigenvalue weighted by Crippen LogP contribution is -2.11. The second-order valence-electron chi connectivity index (χ2n) is 13.0. The number of hydrogen-bond acceptors (Lipinski definition) is 4. The third-order valence-corrected chi connectivity index (χ3v) is 9.09. The standard InChI is InChI=1S/C40H21F12N5/c1-19-54-20(2)56-36(55-19)33-17-30(6-3-23(33)18-53)57-34-13-21(24-9-26(37(41,42)43)15-27(10-24)38(44,45)46)4-7-31(34)32-8-5-22(14-35(32)57)25-11-28(39(47,48)49)16-29(12-25)40(50,51)52/h3-17H,1-2H3. The highest BCUT2D eigenvalue weighted by molar-refractivity contribution is 6.11. The van der Waals surface area contributed by atoms with Crippen molar-refractivity contribution in [2.24, 2.45) is 0 Å². The summed E-state index contributed by atoms with van der Waals surface area (Å²) in [5, 5.41) is 10.7. The molecule has 17 heteroatoms. The first-order valence-corrected chi connectivity index (χ1v) is 16.4. The summed E-state index contributed by atoms with van der Waals surface area (Å²) in [5.74, 6) is 0.681. The van der Waals surface area contributed by atoms with Crippen LogP contribution in [-0.4, -0.2) is 19.5 Å². The zero-order chi connectivity index (χ0) is 41.4. The minimum Gasteiger partial charge on any atom is -0.309 e. The van der Waals surface area contributed by atoms with E-state index in [-0.39, 0.29) is 56.9 Å². The average Bonchev–Trinajstić information content (AvgIpc) is 3.45. The van der Waals surface area contributed by atoms with Crippen LogP contribution in [0.15, 0.2) is 91.0 Å². The molecule has 7 rings (SSSR count). The van der Waals surface area contributed by atoms with E-state index in [9.17, 15) is 57.9 Å². The first-order chi connectivity index (χ1) is 26.5. The fourth-order valence-corrected chi connectivity index (χ4v) is 6.59. The average molecular weight is 800 g/mol. The van der Waals surface area contributed by atoms with E-state index < -0.39 is 58.1 Å². The van der Waals surface area contributed by atoms with Crippen LogP contribution >= 0.6 is 0 Å². The molecule has 0 bridgehead atoms. The van der Waals surface area contributed by atoms with Gasteiger partial charge in [-0.05, 0) is 103 Å². The Morgan fingerprint density at radius 1 is 0.474 bits per heavy atom. The molecule has 0 unspecified atom stereocenters. The molecule has 0 spiro atoms. The van der Waals surface area contributed by atoms with Crippen LogP contribution in [0.1, 0.15) is 39.5 Å². The van der Waals surface area contributed by atoms with Crippen molar-refractivity contribution in [1.29, 1.82) is 5.26 Å². The molecule has 5 aromatic carbocycles. The summed E-state index contributed by atoms with van der Waals surface area (Å²) in [6.45, 7) is 3.17. The predicted octanol–water partition coefficient (Wildman–Crippen LogP) is 12.5. The normalized spacial score (nSPS) is 12.7.